The Labute approximate surface area is 119 Å². The predicted molar refractivity (Wildman–Crippen MR) is 74.8 cm³/mol. The fourth-order valence-electron chi connectivity index (χ4n) is 3.45. The SMILES string of the molecule is CC(N)(c1ccc(F)cc1)C1CCOC2(CCOC2)C1. The highest BCUT2D eigenvalue weighted by atomic mass is 19.1. The number of benzene rings is 1. The van der Waals surface area contributed by atoms with E-state index in [1.54, 1.807) is 12.1 Å². The van der Waals surface area contributed by atoms with Gasteiger partial charge < -0.3 is 15.2 Å². The Bertz CT molecular complexity index is 466. The quantitative estimate of drug-likeness (QED) is 0.905. The second-order valence-corrected chi connectivity index (χ2v) is 6.31. The summed E-state index contributed by atoms with van der Waals surface area (Å²) >= 11 is 0. The van der Waals surface area contributed by atoms with Gasteiger partial charge in [0, 0.05) is 25.2 Å². The van der Waals surface area contributed by atoms with E-state index in [9.17, 15) is 4.39 Å². The molecule has 3 rings (SSSR count). The summed E-state index contributed by atoms with van der Waals surface area (Å²) in [5, 5.41) is 0. The average Bonchev–Trinajstić information content (AvgIpc) is 2.87. The second kappa shape index (κ2) is 5.10. The molecule has 1 aromatic carbocycles. The fourth-order valence-corrected chi connectivity index (χ4v) is 3.45. The molecule has 0 saturated carbocycles. The van der Waals surface area contributed by atoms with E-state index >= 15 is 0 Å². The Morgan fingerprint density at radius 3 is 2.70 bits per heavy atom. The van der Waals surface area contributed by atoms with Crippen molar-refractivity contribution in [2.24, 2.45) is 11.7 Å². The molecule has 2 fully saturated rings. The summed E-state index contributed by atoms with van der Waals surface area (Å²) in [6, 6.07) is 6.55. The molecular weight excluding hydrogens is 257 g/mol. The normalized spacial score (nSPS) is 33.2. The van der Waals surface area contributed by atoms with Gasteiger partial charge in [-0.3, -0.25) is 0 Å². The summed E-state index contributed by atoms with van der Waals surface area (Å²) in [6.07, 6.45) is 2.80. The van der Waals surface area contributed by atoms with Crippen molar-refractivity contribution >= 4 is 0 Å². The number of nitrogens with two attached hydrogens (primary N) is 1. The van der Waals surface area contributed by atoms with Gasteiger partial charge in [0.1, 0.15) is 5.82 Å². The van der Waals surface area contributed by atoms with Gasteiger partial charge in [0.25, 0.3) is 0 Å². The Morgan fingerprint density at radius 2 is 2.05 bits per heavy atom. The van der Waals surface area contributed by atoms with Gasteiger partial charge in [-0.25, -0.2) is 4.39 Å². The van der Waals surface area contributed by atoms with Crippen molar-refractivity contribution in [2.75, 3.05) is 19.8 Å². The van der Waals surface area contributed by atoms with E-state index in [-0.39, 0.29) is 11.4 Å². The first-order valence-corrected chi connectivity index (χ1v) is 7.29. The molecule has 0 radical (unpaired) electrons. The lowest BCUT2D eigenvalue weighted by Crippen LogP contribution is -2.50. The smallest absolute Gasteiger partial charge is 0.123 e. The number of halogens is 1. The van der Waals surface area contributed by atoms with Gasteiger partial charge in [-0.2, -0.15) is 0 Å². The van der Waals surface area contributed by atoms with Gasteiger partial charge in [-0.05, 0) is 43.4 Å². The molecule has 1 spiro atoms. The van der Waals surface area contributed by atoms with E-state index in [4.69, 9.17) is 15.2 Å². The molecule has 0 amide bonds. The van der Waals surface area contributed by atoms with Crippen LogP contribution >= 0.6 is 0 Å². The second-order valence-electron chi connectivity index (χ2n) is 6.31. The molecule has 2 aliphatic rings. The number of hydrogen-bond donors (Lipinski definition) is 1. The van der Waals surface area contributed by atoms with Gasteiger partial charge >= 0.3 is 0 Å². The molecule has 0 bridgehead atoms. The van der Waals surface area contributed by atoms with E-state index in [2.05, 4.69) is 0 Å². The van der Waals surface area contributed by atoms with Crippen molar-refractivity contribution in [3.8, 4) is 0 Å². The van der Waals surface area contributed by atoms with Gasteiger partial charge in [-0.15, -0.1) is 0 Å². The summed E-state index contributed by atoms with van der Waals surface area (Å²) in [5.41, 5.74) is 6.97. The van der Waals surface area contributed by atoms with Crippen LogP contribution in [0.3, 0.4) is 0 Å². The van der Waals surface area contributed by atoms with Crippen molar-refractivity contribution in [1.29, 1.82) is 0 Å². The summed E-state index contributed by atoms with van der Waals surface area (Å²) in [4.78, 5) is 0. The van der Waals surface area contributed by atoms with Crippen LogP contribution in [0.2, 0.25) is 0 Å². The third-order valence-electron chi connectivity index (χ3n) is 4.87. The van der Waals surface area contributed by atoms with Crippen molar-refractivity contribution in [3.05, 3.63) is 35.6 Å². The molecule has 0 aliphatic carbocycles. The van der Waals surface area contributed by atoms with E-state index in [1.807, 2.05) is 6.92 Å². The minimum atomic E-state index is -0.465. The molecule has 2 heterocycles. The van der Waals surface area contributed by atoms with Crippen molar-refractivity contribution in [2.45, 2.75) is 37.3 Å². The van der Waals surface area contributed by atoms with Crippen LogP contribution in [0.4, 0.5) is 4.39 Å². The van der Waals surface area contributed by atoms with Crippen molar-refractivity contribution in [3.63, 3.8) is 0 Å². The summed E-state index contributed by atoms with van der Waals surface area (Å²) in [5.74, 6) is 0.0978. The molecule has 2 saturated heterocycles. The number of rotatable bonds is 2. The highest BCUT2D eigenvalue weighted by Gasteiger charge is 2.45. The minimum absolute atomic E-state index is 0.149. The largest absolute Gasteiger partial charge is 0.378 e. The summed E-state index contributed by atoms with van der Waals surface area (Å²) < 4.78 is 24.6. The zero-order valence-electron chi connectivity index (χ0n) is 11.9. The summed E-state index contributed by atoms with van der Waals surface area (Å²) in [7, 11) is 0. The summed E-state index contributed by atoms with van der Waals surface area (Å²) in [6.45, 7) is 4.20. The average molecular weight is 279 g/mol. The van der Waals surface area contributed by atoms with Crippen LogP contribution in [0.25, 0.3) is 0 Å². The van der Waals surface area contributed by atoms with E-state index in [1.165, 1.54) is 12.1 Å². The monoisotopic (exact) mass is 279 g/mol. The van der Waals surface area contributed by atoms with Crippen LogP contribution in [-0.2, 0) is 15.0 Å². The predicted octanol–water partition coefficient (Wildman–Crippen LogP) is 2.59. The Balaban J connectivity index is 1.81. The zero-order valence-corrected chi connectivity index (χ0v) is 11.9. The molecule has 110 valence electrons. The highest BCUT2D eigenvalue weighted by molar-refractivity contribution is 5.25. The van der Waals surface area contributed by atoms with Crippen LogP contribution in [0.15, 0.2) is 24.3 Å². The van der Waals surface area contributed by atoms with Crippen LogP contribution in [0.1, 0.15) is 31.7 Å². The van der Waals surface area contributed by atoms with Crippen LogP contribution in [-0.4, -0.2) is 25.4 Å². The Morgan fingerprint density at radius 1 is 1.30 bits per heavy atom. The van der Waals surface area contributed by atoms with Gasteiger partial charge in [0.2, 0.25) is 0 Å². The van der Waals surface area contributed by atoms with E-state index in [0.29, 0.717) is 12.5 Å². The zero-order chi connectivity index (χ0) is 14.2. The third-order valence-corrected chi connectivity index (χ3v) is 4.87. The molecule has 20 heavy (non-hydrogen) atoms. The number of hydrogen-bond acceptors (Lipinski definition) is 3. The maximum absolute atomic E-state index is 13.1. The molecule has 2 aliphatic heterocycles. The molecule has 3 nitrogen and oxygen atoms in total. The van der Waals surface area contributed by atoms with E-state index < -0.39 is 5.54 Å². The lowest BCUT2D eigenvalue weighted by atomic mass is 9.71. The van der Waals surface area contributed by atoms with Crippen LogP contribution in [0, 0.1) is 11.7 Å². The van der Waals surface area contributed by atoms with Gasteiger partial charge in [0.15, 0.2) is 0 Å². The Hall–Kier alpha value is -0.970. The molecule has 3 atom stereocenters. The Kier molecular flexibility index (Phi) is 3.56. The molecule has 3 unspecified atom stereocenters. The van der Waals surface area contributed by atoms with Crippen molar-refractivity contribution in [1.82, 2.24) is 0 Å². The molecular formula is C16H22FNO2. The standard InChI is InChI=1S/C16H22FNO2/c1-15(18,12-2-4-14(17)5-3-12)13-6-8-20-16(10-13)7-9-19-11-16/h2-5,13H,6-11,18H2,1H3. The van der Waals surface area contributed by atoms with Gasteiger partial charge in [-0.1, -0.05) is 12.1 Å². The topological polar surface area (TPSA) is 44.5 Å². The first kappa shape index (κ1) is 14.0. The highest BCUT2D eigenvalue weighted by Crippen LogP contribution is 2.42. The molecule has 0 aromatic heterocycles. The van der Waals surface area contributed by atoms with Crippen molar-refractivity contribution < 1.29 is 13.9 Å². The maximum Gasteiger partial charge on any atom is 0.123 e. The van der Waals surface area contributed by atoms with E-state index in [0.717, 1.165) is 38.0 Å². The number of ether oxygens (including phenoxy) is 2. The fraction of sp³-hybridized carbons (Fsp3) is 0.625. The first-order valence-electron chi connectivity index (χ1n) is 7.29. The maximum atomic E-state index is 13.1. The lowest BCUT2D eigenvalue weighted by Gasteiger charge is -2.44. The lowest BCUT2D eigenvalue weighted by molar-refractivity contribution is -0.109. The van der Waals surface area contributed by atoms with Gasteiger partial charge in [0.05, 0.1) is 12.2 Å². The molecule has 1 aromatic rings. The third kappa shape index (κ3) is 2.48. The molecule has 4 heteroatoms. The van der Waals surface area contributed by atoms with Crippen LogP contribution < -0.4 is 5.73 Å². The first-order chi connectivity index (χ1) is 9.52. The van der Waals surface area contributed by atoms with Crippen LogP contribution in [0.5, 0.6) is 0 Å². The molecule has 2 N–H and O–H groups in total. The minimum Gasteiger partial charge on any atom is -0.378 e.